The molecule has 0 aliphatic heterocycles. The maximum atomic E-state index is 11.5. The Morgan fingerprint density at radius 1 is 1.13 bits per heavy atom. The molecule has 78 valence electrons. The highest BCUT2D eigenvalue weighted by Gasteiger charge is 2.10. The highest BCUT2D eigenvalue weighted by molar-refractivity contribution is 5.80. The number of hydrogen-bond acceptors (Lipinski definition) is 3. The van der Waals surface area contributed by atoms with Gasteiger partial charge in [-0.2, -0.15) is 4.73 Å². The predicted molar refractivity (Wildman–Crippen MR) is 56.0 cm³/mol. The molecule has 1 aromatic heterocycles. The summed E-state index contributed by atoms with van der Waals surface area (Å²) >= 11 is 0. The Morgan fingerprint density at radius 2 is 1.80 bits per heavy atom. The number of fused-ring (bicyclic) bond motifs is 1. The number of benzene rings is 1. The van der Waals surface area contributed by atoms with Crippen LogP contribution in [0.5, 0.6) is 11.5 Å². The normalized spacial score (nSPS) is 10.3. The van der Waals surface area contributed by atoms with Crippen LogP contribution in [-0.4, -0.2) is 14.2 Å². The van der Waals surface area contributed by atoms with E-state index in [2.05, 4.69) is 0 Å². The Labute approximate surface area is 87.2 Å². The minimum atomic E-state index is 0.556. The van der Waals surface area contributed by atoms with Gasteiger partial charge in [0, 0.05) is 6.07 Å². The molecule has 0 bridgehead atoms. The molecular weight excluding hydrogens is 194 g/mol. The molecule has 0 amide bonds. The third kappa shape index (κ3) is 1.54. The monoisotopic (exact) mass is 205 g/mol. The van der Waals surface area contributed by atoms with Gasteiger partial charge in [0.1, 0.15) is 0 Å². The minimum Gasteiger partial charge on any atom is -0.618 e. The van der Waals surface area contributed by atoms with E-state index < -0.39 is 0 Å². The van der Waals surface area contributed by atoms with Gasteiger partial charge in [-0.1, -0.05) is 0 Å². The second kappa shape index (κ2) is 3.65. The predicted octanol–water partition coefficient (Wildman–Crippen LogP) is 1.49. The molecule has 0 saturated heterocycles. The van der Waals surface area contributed by atoms with Crippen LogP contribution < -0.4 is 14.2 Å². The molecule has 15 heavy (non-hydrogen) atoms. The lowest BCUT2D eigenvalue weighted by Gasteiger charge is -2.08. The second-order valence-electron chi connectivity index (χ2n) is 3.10. The van der Waals surface area contributed by atoms with Crippen molar-refractivity contribution < 1.29 is 14.2 Å². The third-order valence-corrected chi connectivity index (χ3v) is 2.27. The molecule has 0 saturated carbocycles. The number of nitrogens with zero attached hydrogens (tertiary/aromatic N) is 1. The smallest absolute Gasteiger partial charge is 0.227 e. The van der Waals surface area contributed by atoms with E-state index in [1.165, 1.54) is 6.20 Å². The summed E-state index contributed by atoms with van der Waals surface area (Å²) in [6, 6.07) is 7.00. The van der Waals surface area contributed by atoms with Crippen molar-refractivity contribution in [2.45, 2.75) is 0 Å². The van der Waals surface area contributed by atoms with E-state index in [0.717, 1.165) is 10.1 Å². The van der Waals surface area contributed by atoms with Crippen molar-refractivity contribution in [2.75, 3.05) is 14.2 Å². The molecule has 0 spiro atoms. The molecule has 0 aliphatic carbocycles. The average molecular weight is 205 g/mol. The average Bonchev–Trinajstić information content (AvgIpc) is 2.28. The van der Waals surface area contributed by atoms with Crippen LogP contribution in [0.3, 0.4) is 0 Å². The second-order valence-corrected chi connectivity index (χ2v) is 3.10. The molecule has 0 fully saturated rings. The zero-order valence-electron chi connectivity index (χ0n) is 8.56. The number of pyridine rings is 1. The maximum absolute atomic E-state index is 11.5. The van der Waals surface area contributed by atoms with E-state index in [4.69, 9.17) is 9.47 Å². The molecular formula is C11H11NO3. The van der Waals surface area contributed by atoms with Gasteiger partial charge in [0.25, 0.3) is 0 Å². The van der Waals surface area contributed by atoms with Crippen LogP contribution in [0.1, 0.15) is 0 Å². The maximum Gasteiger partial charge on any atom is 0.227 e. The van der Waals surface area contributed by atoms with Crippen molar-refractivity contribution in [3.8, 4) is 11.5 Å². The summed E-state index contributed by atoms with van der Waals surface area (Å²) in [5.74, 6) is 1.18. The molecule has 2 aromatic rings. The van der Waals surface area contributed by atoms with Gasteiger partial charge in [-0.25, -0.2) is 0 Å². The van der Waals surface area contributed by atoms with Gasteiger partial charge in [0.15, 0.2) is 17.7 Å². The van der Waals surface area contributed by atoms with Crippen molar-refractivity contribution >= 4 is 10.9 Å². The first-order valence-electron chi connectivity index (χ1n) is 4.50. The molecule has 4 heteroatoms. The minimum absolute atomic E-state index is 0.556. The highest BCUT2D eigenvalue weighted by atomic mass is 16.5. The summed E-state index contributed by atoms with van der Waals surface area (Å²) in [6.45, 7) is 0. The summed E-state index contributed by atoms with van der Waals surface area (Å²) in [5, 5.41) is 12.3. The molecule has 0 unspecified atom stereocenters. The fourth-order valence-corrected chi connectivity index (χ4v) is 1.51. The van der Waals surface area contributed by atoms with Gasteiger partial charge >= 0.3 is 0 Å². The molecule has 1 heterocycles. The Hall–Kier alpha value is -1.97. The van der Waals surface area contributed by atoms with Gasteiger partial charge in [-0.05, 0) is 12.1 Å². The molecule has 2 rings (SSSR count). The van der Waals surface area contributed by atoms with Crippen molar-refractivity contribution in [3.05, 3.63) is 35.7 Å². The zero-order chi connectivity index (χ0) is 10.8. The zero-order valence-corrected chi connectivity index (χ0v) is 8.56. The van der Waals surface area contributed by atoms with E-state index in [0.29, 0.717) is 17.0 Å². The van der Waals surface area contributed by atoms with Crippen LogP contribution in [0.2, 0.25) is 0 Å². The standard InChI is InChI=1S/C11H11NO3/c1-14-10-6-8-4-3-5-12(13)9(8)7-11(10)15-2/h3-7H,1-2H3. The highest BCUT2D eigenvalue weighted by Crippen LogP contribution is 2.30. The summed E-state index contributed by atoms with van der Waals surface area (Å²) in [6.07, 6.45) is 1.45. The van der Waals surface area contributed by atoms with Crippen LogP contribution in [0.4, 0.5) is 0 Å². The lowest BCUT2D eigenvalue weighted by Crippen LogP contribution is -2.25. The SMILES string of the molecule is COc1cc2ccc[n+]([O-])c2cc1OC. The molecule has 4 nitrogen and oxygen atoms in total. The van der Waals surface area contributed by atoms with Gasteiger partial charge < -0.3 is 14.7 Å². The first-order valence-corrected chi connectivity index (χ1v) is 4.50. The van der Waals surface area contributed by atoms with Crippen LogP contribution >= 0.6 is 0 Å². The Kier molecular flexibility index (Phi) is 2.33. The van der Waals surface area contributed by atoms with E-state index in [9.17, 15) is 5.21 Å². The van der Waals surface area contributed by atoms with Gasteiger partial charge in [0.05, 0.1) is 25.7 Å². The largest absolute Gasteiger partial charge is 0.618 e. The van der Waals surface area contributed by atoms with Crippen LogP contribution in [0.15, 0.2) is 30.5 Å². The first kappa shape index (κ1) is 9.58. The number of aromatic nitrogens is 1. The summed E-state index contributed by atoms with van der Waals surface area (Å²) < 4.78 is 11.1. The molecule has 0 radical (unpaired) electrons. The summed E-state index contributed by atoms with van der Waals surface area (Å²) in [7, 11) is 3.11. The number of methoxy groups -OCH3 is 2. The van der Waals surface area contributed by atoms with Crippen molar-refractivity contribution in [1.82, 2.24) is 0 Å². The first-order chi connectivity index (χ1) is 7.26. The molecule has 0 aliphatic rings. The quantitative estimate of drug-likeness (QED) is 0.551. The van der Waals surface area contributed by atoms with Crippen molar-refractivity contribution in [2.24, 2.45) is 0 Å². The summed E-state index contributed by atoms with van der Waals surface area (Å²) in [5.41, 5.74) is 0.565. The van der Waals surface area contributed by atoms with Gasteiger partial charge in [0.2, 0.25) is 5.52 Å². The number of hydrogen-bond donors (Lipinski definition) is 0. The van der Waals surface area contributed by atoms with Gasteiger partial charge in [-0.3, -0.25) is 0 Å². The lowest BCUT2D eigenvalue weighted by atomic mass is 10.2. The Bertz CT molecular complexity index is 496. The Balaban J connectivity index is 2.75. The number of ether oxygens (including phenoxy) is 2. The lowest BCUT2D eigenvalue weighted by molar-refractivity contribution is -0.577. The van der Waals surface area contributed by atoms with E-state index in [-0.39, 0.29) is 0 Å². The summed E-state index contributed by atoms with van der Waals surface area (Å²) in [4.78, 5) is 0. The fourth-order valence-electron chi connectivity index (χ4n) is 1.51. The topological polar surface area (TPSA) is 45.4 Å². The van der Waals surface area contributed by atoms with E-state index in [1.54, 1.807) is 32.4 Å². The van der Waals surface area contributed by atoms with E-state index >= 15 is 0 Å². The molecule has 1 aromatic carbocycles. The molecule has 0 N–H and O–H groups in total. The van der Waals surface area contributed by atoms with Crippen LogP contribution in [0.25, 0.3) is 10.9 Å². The third-order valence-electron chi connectivity index (χ3n) is 2.27. The molecule has 0 atom stereocenters. The Morgan fingerprint density at radius 3 is 2.47 bits per heavy atom. The fraction of sp³-hybridized carbons (Fsp3) is 0.182. The van der Waals surface area contributed by atoms with Gasteiger partial charge in [-0.15, -0.1) is 0 Å². The van der Waals surface area contributed by atoms with Crippen LogP contribution in [0, 0.1) is 5.21 Å². The van der Waals surface area contributed by atoms with Crippen LogP contribution in [-0.2, 0) is 0 Å². The van der Waals surface area contributed by atoms with Crippen molar-refractivity contribution in [3.63, 3.8) is 0 Å². The number of rotatable bonds is 2. The van der Waals surface area contributed by atoms with E-state index in [1.807, 2.05) is 6.07 Å². The van der Waals surface area contributed by atoms with Crippen molar-refractivity contribution in [1.29, 1.82) is 0 Å².